The Balaban J connectivity index is 1.32. The van der Waals surface area contributed by atoms with Crippen LogP contribution in [0.3, 0.4) is 0 Å². The van der Waals surface area contributed by atoms with Crippen LogP contribution in [0.2, 0.25) is 0 Å². The van der Waals surface area contributed by atoms with Crippen LogP contribution < -0.4 is 20.1 Å². The topological polar surface area (TPSA) is 157 Å². The highest BCUT2D eigenvalue weighted by molar-refractivity contribution is 7.92. The average Bonchev–Trinajstić information content (AvgIpc) is 3.64. The first-order valence-corrected chi connectivity index (χ1v) is 16.4. The summed E-state index contributed by atoms with van der Waals surface area (Å²) in [5, 5.41) is 14.9. The maximum absolute atomic E-state index is 15.0. The standard InChI is InChI=1S/C31H34F4N2O9S/c1-44-23-15-22(32)24(46-19-8-10-30(45-2,11-9-19)29(40)41)14-21(23)27(38)37-26-17-7-6-16(12-17)25(26)28(39)36-18-4-3-5-20(13-18)47(42,43)31(33,34)35/h3-5,13-17,19,25-26H,6-12H2,1-2H3,(H,36,39)(H,37,38)(H,40,41). The number of amides is 2. The normalized spacial score (nSPS) is 27.2. The third-order valence-electron chi connectivity index (χ3n) is 9.55. The van der Waals surface area contributed by atoms with Crippen molar-refractivity contribution < 1.29 is 59.7 Å². The van der Waals surface area contributed by atoms with E-state index in [4.69, 9.17) is 14.2 Å². The molecule has 3 fully saturated rings. The number of carbonyl (C=O) groups is 3. The Kier molecular flexibility index (Phi) is 9.48. The number of hydrogen-bond acceptors (Lipinski definition) is 8. The molecule has 2 bridgehead atoms. The first kappa shape index (κ1) is 34.4. The zero-order valence-corrected chi connectivity index (χ0v) is 26.3. The van der Waals surface area contributed by atoms with Crippen LogP contribution in [0.1, 0.15) is 55.3 Å². The van der Waals surface area contributed by atoms with E-state index in [9.17, 15) is 41.1 Å². The molecule has 0 radical (unpaired) electrons. The number of fused-ring (bicyclic) bond motifs is 2. The van der Waals surface area contributed by atoms with Gasteiger partial charge in [-0.25, -0.2) is 17.6 Å². The molecule has 4 unspecified atom stereocenters. The fraction of sp³-hybridized carbons (Fsp3) is 0.516. The number of sulfone groups is 1. The molecule has 47 heavy (non-hydrogen) atoms. The molecule has 2 aromatic carbocycles. The van der Waals surface area contributed by atoms with Gasteiger partial charge in [0.2, 0.25) is 5.91 Å². The lowest BCUT2D eigenvalue weighted by atomic mass is 9.83. The summed E-state index contributed by atoms with van der Waals surface area (Å²) in [7, 11) is -3.07. The maximum atomic E-state index is 15.0. The van der Waals surface area contributed by atoms with Gasteiger partial charge >= 0.3 is 11.5 Å². The summed E-state index contributed by atoms with van der Waals surface area (Å²) in [6.07, 6.45) is 2.29. The molecule has 0 aromatic heterocycles. The van der Waals surface area contributed by atoms with Gasteiger partial charge in [-0.15, -0.1) is 0 Å². The fourth-order valence-corrected chi connectivity index (χ4v) is 7.84. The van der Waals surface area contributed by atoms with Crippen LogP contribution in [0.5, 0.6) is 11.5 Å². The summed E-state index contributed by atoms with van der Waals surface area (Å²) in [6, 6.07) is 5.37. The molecule has 3 aliphatic rings. The number of carboxylic acid groups (broad SMARTS) is 1. The largest absolute Gasteiger partial charge is 0.501 e. The number of carbonyl (C=O) groups excluding carboxylic acids is 2. The fourth-order valence-electron chi connectivity index (χ4n) is 7.04. The maximum Gasteiger partial charge on any atom is 0.501 e. The monoisotopic (exact) mass is 686 g/mol. The third kappa shape index (κ3) is 6.62. The Labute approximate surface area is 267 Å². The summed E-state index contributed by atoms with van der Waals surface area (Å²) < 4.78 is 94.4. The molecule has 256 valence electrons. The number of nitrogens with one attached hydrogen (secondary N) is 2. The van der Waals surface area contributed by atoms with Crippen molar-refractivity contribution in [2.75, 3.05) is 19.5 Å². The first-order chi connectivity index (χ1) is 22.1. The third-order valence-corrected chi connectivity index (χ3v) is 11.0. The molecule has 4 atom stereocenters. The van der Waals surface area contributed by atoms with Crippen molar-refractivity contribution in [3.8, 4) is 11.5 Å². The van der Waals surface area contributed by atoms with E-state index in [1.807, 2.05) is 0 Å². The molecule has 2 amide bonds. The van der Waals surface area contributed by atoms with Crippen molar-refractivity contribution in [3.05, 3.63) is 47.8 Å². The minimum Gasteiger partial charge on any atom is -0.496 e. The van der Waals surface area contributed by atoms with Gasteiger partial charge in [0.15, 0.2) is 17.2 Å². The van der Waals surface area contributed by atoms with Crippen molar-refractivity contribution in [1.29, 1.82) is 0 Å². The van der Waals surface area contributed by atoms with Crippen LogP contribution in [0.25, 0.3) is 0 Å². The van der Waals surface area contributed by atoms with Gasteiger partial charge in [-0.1, -0.05) is 6.07 Å². The molecule has 0 heterocycles. The summed E-state index contributed by atoms with van der Waals surface area (Å²) in [4.78, 5) is 37.8. The van der Waals surface area contributed by atoms with E-state index >= 15 is 4.39 Å². The molecular formula is C31H34F4N2O9S. The predicted molar refractivity (Wildman–Crippen MR) is 157 cm³/mol. The van der Waals surface area contributed by atoms with E-state index in [2.05, 4.69) is 10.6 Å². The van der Waals surface area contributed by atoms with Crippen molar-refractivity contribution in [2.24, 2.45) is 17.8 Å². The number of halogens is 4. The number of anilines is 1. The predicted octanol–water partition coefficient (Wildman–Crippen LogP) is 4.70. The van der Waals surface area contributed by atoms with Gasteiger partial charge in [-0.3, -0.25) is 9.59 Å². The molecule has 3 N–H and O–H groups in total. The quantitative estimate of drug-likeness (QED) is 0.302. The Morgan fingerprint density at radius 2 is 1.66 bits per heavy atom. The smallest absolute Gasteiger partial charge is 0.496 e. The van der Waals surface area contributed by atoms with E-state index in [-0.39, 0.29) is 60.3 Å². The van der Waals surface area contributed by atoms with E-state index in [0.717, 1.165) is 24.3 Å². The SMILES string of the molecule is COc1cc(F)c(OC2CCC(OC)(C(=O)O)CC2)cc1C(=O)NC1C2CCC(C2)C1C(=O)Nc1cccc(S(=O)(=O)C(F)(F)F)c1. The Morgan fingerprint density at radius 1 is 0.979 bits per heavy atom. The zero-order chi connectivity index (χ0) is 34.3. The van der Waals surface area contributed by atoms with Crippen molar-refractivity contribution in [1.82, 2.24) is 5.32 Å². The lowest BCUT2D eigenvalue weighted by Gasteiger charge is -2.35. The van der Waals surface area contributed by atoms with Gasteiger partial charge in [-0.05, 0) is 81.0 Å². The van der Waals surface area contributed by atoms with Crippen LogP contribution in [-0.4, -0.2) is 68.8 Å². The number of methoxy groups -OCH3 is 2. The number of aliphatic carboxylic acids is 1. The number of rotatable bonds is 10. The van der Waals surface area contributed by atoms with Crippen LogP contribution in [-0.2, 0) is 24.2 Å². The van der Waals surface area contributed by atoms with Gasteiger partial charge in [0, 0.05) is 24.9 Å². The minimum absolute atomic E-state index is 0.0662. The summed E-state index contributed by atoms with van der Waals surface area (Å²) in [5.74, 6) is -4.49. The summed E-state index contributed by atoms with van der Waals surface area (Å²) in [5.41, 5.74) is -7.09. The Bertz CT molecular complexity index is 1660. The van der Waals surface area contributed by atoms with Gasteiger partial charge < -0.3 is 30.0 Å². The highest BCUT2D eigenvalue weighted by Gasteiger charge is 2.52. The van der Waals surface area contributed by atoms with E-state index < -0.39 is 67.5 Å². The first-order valence-electron chi connectivity index (χ1n) is 15.0. The summed E-state index contributed by atoms with van der Waals surface area (Å²) in [6.45, 7) is 0. The van der Waals surface area contributed by atoms with E-state index in [1.165, 1.54) is 26.4 Å². The molecule has 3 saturated carbocycles. The van der Waals surface area contributed by atoms with Crippen molar-refractivity contribution >= 4 is 33.3 Å². The average molecular weight is 687 g/mol. The number of ether oxygens (including phenoxy) is 3. The molecule has 16 heteroatoms. The van der Waals surface area contributed by atoms with Gasteiger partial charge in [0.1, 0.15) is 5.75 Å². The van der Waals surface area contributed by atoms with Crippen LogP contribution in [0.4, 0.5) is 23.2 Å². The second-order valence-corrected chi connectivity index (χ2v) is 14.1. The molecule has 11 nitrogen and oxygen atoms in total. The number of benzene rings is 2. The van der Waals surface area contributed by atoms with Gasteiger partial charge in [-0.2, -0.15) is 13.2 Å². The van der Waals surface area contributed by atoms with Crippen LogP contribution in [0, 0.1) is 23.6 Å². The van der Waals surface area contributed by atoms with Crippen LogP contribution >= 0.6 is 0 Å². The number of carboxylic acids is 1. The molecule has 0 spiro atoms. The highest BCUT2D eigenvalue weighted by atomic mass is 32.2. The minimum atomic E-state index is -5.64. The highest BCUT2D eigenvalue weighted by Crippen LogP contribution is 2.49. The Morgan fingerprint density at radius 3 is 2.28 bits per heavy atom. The van der Waals surface area contributed by atoms with Gasteiger partial charge in [0.05, 0.1) is 29.6 Å². The zero-order valence-electron chi connectivity index (χ0n) is 25.4. The molecular weight excluding hydrogens is 652 g/mol. The lowest BCUT2D eigenvalue weighted by Crippen LogP contribution is -2.48. The lowest BCUT2D eigenvalue weighted by molar-refractivity contribution is -0.168. The second-order valence-electron chi connectivity index (χ2n) is 12.1. The number of alkyl halides is 3. The van der Waals surface area contributed by atoms with Crippen LogP contribution in [0.15, 0.2) is 41.3 Å². The van der Waals surface area contributed by atoms with Crippen molar-refractivity contribution in [3.63, 3.8) is 0 Å². The molecule has 5 rings (SSSR count). The molecule has 0 saturated heterocycles. The van der Waals surface area contributed by atoms with E-state index in [1.54, 1.807) is 0 Å². The molecule has 3 aliphatic carbocycles. The van der Waals surface area contributed by atoms with E-state index in [0.29, 0.717) is 19.3 Å². The summed E-state index contributed by atoms with van der Waals surface area (Å²) >= 11 is 0. The van der Waals surface area contributed by atoms with Crippen molar-refractivity contribution in [2.45, 2.75) is 73.1 Å². The van der Waals surface area contributed by atoms with Gasteiger partial charge in [0.25, 0.3) is 15.7 Å². The number of hydrogen-bond donors (Lipinski definition) is 3. The Hall–Kier alpha value is -3.92. The molecule has 2 aromatic rings. The second kappa shape index (κ2) is 12.9. The molecule has 0 aliphatic heterocycles.